The lowest BCUT2D eigenvalue weighted by Crippen LogP contribution is -2.35. The number of halogens is 4. The Hall–Kier alpha value is -2.56. The standard InChI is InChI=1S/C19H17ClF3N3O/c1-26(11-5-10-24)17(13-6-3-2-4-7-13)18(27)25-14-8-9-16(20)15(12-14)19(21,22)23/h2-4,6-9,12,17H,5,11H2,1H3,(H,25,27). The van der Waals surface area contributed by atoms with Crippen molar-refractivity contribution in [1.29, 1.82) is 5.26 Å². The molecular weight excluding hydrogens is 379 g/mol. The maximum absolute atomic E-state index is 13.0. The zero-order valence-electron chi connectivity index (χ0n) is 14.4. The first kappa shape index (κ1) is 20.7. The van der Waals surface area contributed by atoms with Crippen LogP contribution in [0.15, 0.2) is 48.5 Å². The van der Waals surface area contributed by atoms with E-state index in [0.717, 1.165) is 12.1 Å². The fourth-order valence-corrected chi connectivity index (χ4v) is 2.85. The Morgan fingerprint density at radius 1 is 1.26 bits per heavy atom. The molecule has 0 saturated carbocycles. The summed E-state index contributed by atoms with van der Waals surface area (Å²) in [5.41, 5.74) is -0.358. The van der Waals surface area contributed by atoms with Crippen LogP contribution in [0.5, 0.6) is 0 Å². The van der Waals surface area contributed by atoms with Crippen LogP contribution < -0.4 is 5.32 Å². The van der Waals surface area contributed by atoms with Gasteiger partial charge in [0.15, 0.2) is 0 Å². The first-order chi connectivity index (χ1) is 12.7. The van der Waals surface area contributed by atoms with Gasteiger partial charge in [0.2, 0.25) is 5.91 Å². The van der Waals surface area contributed by atoms with Gasteiger partial charge in [-0.25, -0.2) is 0 Å². The van der Waals surface area contributed by atoms with Gasteiger partial charge < -0.3 is 5.32 Å². The van der Waals surface area contributed by atoms with Gasteiger partial charge in [-0.2, -0.15) is 18.4 Å². The molecular formula is C19H17ClF3N3O. The number of nitriles is 1. The van der Waals surface area contributed by atoms with E-state index in [9.17, 15) is 18.0 Å². The highest BCUT2D eigenvalue weighted by Crippen LogP contribution is 2.36. The van der Waals surface area contributed by atoms with Gasteiger partial charge in [0.05, 0.1) is 16.7 Å². The third-order valence-corrected chi connectivity index (χ3v) is 4.25. The van der Waals surface area contributed by atoms with Crippen LogP contribution >= 0.6 is 11.6 Å². The molecule has 0 aromatic heterocycles. The van der Waals surface area contributed by atoms with Crippen molar-refractivity contribution in [2.75, 3.05) is 18.9 Å². The van der Waals surface area contributed by atoms with E-state index in [1.165, 1.54) is 6.07 Å². The quantitative estimate of drug-likeness (QED) is 0.758. The molecule has 1 N–H and O–H groups in total. The number of rotatable bonds is 6. The largest absolute Gasteiger partial charge is 0.417 e. The molecule has 0 heterocycles. The van der Waals surface area contributed by atoms with Gasteiger partial charge in [0, 0.05) is 18.7 Å². The number of hydrogen-bond acceptors (Lipinski definition) is 3. The van der Waals surface area contributed by atoms with Crippen molar-refractivity contribution in [3.63, 3.8) is 0 Å². The summed E-state index contributed by atoms with van der Waals surface area (Å²) in [6, 6.07) is 13.3. The van der Waals surface area contributed by atoms with Crippen molar-refractivity contribution < 1.29 is 18.0 Å². The number of benzene rings is 2. The van der Waals surface area contributed by atoms with E-state index >= 15 is 0 Å². The van der Waals surface area contributed by atoms with Crippen molar-refractivity contribution in [2.45, 2.75) is 18.6 Å². The minimum Gasteiger partial charge on any atom is -0.324 e. The minimum absolute atomic E-state index is 0.00802. The van der Waals surface area contributed by atoms with E-state index in [4.69, 9.17) is 16.9 Å². The molecule has 0 aliphatic rings. The molecule has 4 nitrogen and oxygen atoms in total. The van der Waals surface area contributed by atoms with E-state index in [-0.39, 0.29) is 12.1 Å². The summed E-state index contributed by atoms with van der Waals surface area (Å²) in [5, 5.41) is 10.9. The van der Waals surface area contributed by atoms with E-state index in [2.05, 4.69) is 5.32 Å². The van der Waals surface area contributed by atoms with Crippen molar-refractivity contribution in [1.82, 2.24) is 4.90 Å². The molecule has 0 saturated heterocycles. The van der Waals surface area contributed by atoms with Gasteiger partial charge in [-0.3, -0.25) is 9.69 Å². The number of nitrogens with one attached hydrogen (secondary N) is 1. The summed E-state index contributed by atoms with van der Waals surface area (Å²) in [6.07, 6.45) is -4.41. The topological polar surface area (TPSA) is 56.1 Å². The van der Waals surface area contributed by atoms with Gasteiger partial charge in [-0.1, -0.05) is 41.9 Å². The maximum atomic E-state index is 13.0. The highest BCUT2D eigenvalue weighted by molar-refractivity contribution is 6.31. The van der Waals surface area contributed by atoms with Crippen LogP contribution in [0.3, 0.4) is 0 Å². The Bertz CT molecular complexity index is 834. The predicted octanol–water partition coefficient (Wildman–Crippen LogP) is 4.88. The maximum Gasteiger partial charge on any atom is 0.417 e. The van der Waals surface area contributed by atoms with Crippen LogP contribution in [0.4, 0.5) is 18.9 Å². The van der Waals surface area contributed by atoms with Crippen molar-refractivity contribution in [2.24, 2.45) is 0 Å². The molecule has 0 bridgehead atoms. The van der Waals surface area contributed by atoms with Crippen LogP contribution in [0.1, 0.15) is 23.6 Å². The number of likely N-dealkylation sites (N-methyl/N-ethyl adjacent to an activating group) is 1. The van der Waals surface area contributed by atoms with Gasteiger partial charge >= 0.3 is 6.18 Å². The second-order valence-electron chi connectivity index (χ2n) is 5.88. The molecule has 2 rings (SSSR count). The highest BCUT2D eigenvalue weighted by atomic mass is 35.5. The zero-order valence-corrected chi connectivity index (χ0v) is 15.2. The number of alkyl halides is 3. The van der Waals surface area contributed by atoms with Crippen LogP contribution in [-0.4, -0.2) is 24.4 Å². The third kappa shape index (κ3) is 5.46. The molecule has 2 aromatic carbocycles. The average molecular weight is 396 g/mol. The smallest absolute Gasteiger partial charge is 0.324 e. The van der Waals surface area contributed by atoms with Gasteiger partial charge in [0.1, 0.15) is 6.04 Å². The first-order valence-corrected chi connectivity index (χ1v) is 8.41. The van der Waals surface area contributed by atoms with Crippen LogP contribution in [-0.2, 0) is 11.0 Å². The molecule has 1 amide bonds. The molecule has 0 radical (unpaired) electrons. The molecule has 8 heteroatoms. The molecule has 142 valence electrons. The van der Waals surface area contributed by atoms with E-state index < -0.39 is 28.7 Å². The lowest BCUT2D eigenvalue weighted by molar-refractivity contribution is -0.137. The summed E-state index contributed by atoms with van der Waals surface area (Å²) in [5.74, 6) is -0.503. The number of carbonyl (C=O) groups is 1. The number of nitrogens with zero attached hydrogens (tertiary/aromatic N) is 2. The summed E-state index contributed by atoms with van der Waals surface area (Å²) >= 11 is 5.61. The van der Waals surface area contributed by atoms with Crippen LogP contribution in [0.25, 0.3) is 0 Å². The van der Waals surface area contributed by atoms with Gasteiger partial charge in [0.25, 0.3) is 0 Å². The second-order valence-corrected chi connectivity index (χ2v) is 6.29. The Kier molecular flexibility index (Phi) is 6.83. The Balaban J connectivity index is 2.30. The summed E-state index contributed by atoms with van der Waals surface area (Å²) in [4.78, 5) is 14.5. The third-order valence-electron chi connectivity index (χ3n) is 3.92. The molecule has 0 fully saturated rings. The van der Waals surface area contributed by atoms with Crippen molar-refractivity contribution in [3.05, 3.63) is 64.7 Å². The molecule has 27 heavy (non-hydrogen) atoms. The second kappa shape index (κ2) is 8.89. The fraction of sp³-hybridized carbons (Fsp3) is 0.263. The predicted molar refractivity (Wildman–Crippen MR) is 97.1 cm³/mol. The van der Waals surface area contributed by atoms with Crippen molar-refractivity contribution >= 4 is 23.2 Å². The molecule has 0 aliphatic carbocycles. The normalized spacial score (nSPS) is 12.5. The molecule has 2 aromatic rings. The molecule has 1 unspecified atom stereocenters. The Labute approximate surface area is 160 Å². The Morgan fingerprint density at radius 3 is 2.52 bits per heavy atom. The Morgan fingerprint density at radius 2 is 1.93 bits per heavy atom. The minimum atomic E-state index is -4.62. The number of carbonyl (C=O) groups excluding carboxylic acids is 1. The molecule has 1 atom stereocenters. The SMILES string of the molecule is CN(CCC#N)C(C(=O)Nc1ccc(Cl)c(C(F)(F)F)c1)c1ccccc1. The molecule has 0 spiro atoms. The van der Waals surface area contributed by atoms with E-state index in [1.807, 2.05) is 6.07 Å². The molecule has 0 aliphatic heterocycles. The summed E-state index contributed by atoms with van der Waals surface area (Å²) < 4.78 is 39.1. The average Bonchev–Trinajstić information content (AvgIpc) is 2.61. The summed E-state index contributed by atoms with van der Waals surface area (Å²) in [6.45, 7) is 0.331. The lowest BCUT2D eigenvalue weighted by atomic mass is 10.0. The first-order valence-electron chi connectivity index (χ1n) is 8.03. The van der Waals surface area contributed by atoms with E-state index in [1.54, 1.807) is 42.3 Å². The van der Waals surface area contributed by atoms with Gasteiger partial charge in [-0.15, -0.1) is 0 Å². The van der Waals surface area contributed by atoms with Crippen LogP contribution in [0, 0.1) is 11.3 Å². The van der Waals surface area contributed by atoms with Crippen molar-refractivity contribution in [3.8, 4) is 6.07 Å². The van der Waals surface area contributed by atoms with Gasteiger partial charge in [-0.05, 0) is 30.8 Å². The monoisotopic (exact) mass is 395 g/mol. The number of anilines is 1. The fourth-order valence-electron chi connectivity index (χ4n) is 2.63. The number of hydrogen-bond donors (Lipinski definition) is 1. The van der Waals surface area contributed by atoms with E-state index in [0.29, 0.717) is 12.1 Å². The zero-order chi connectivity index (χ0) is 20.0. The highest BCUT2D eigenvalue weighted by Gasteiger charge is 2.34. The lowest BCUT2D eigenvalue weighted by Gasteiger charge is -2.27. The van der Waals surface area contributed by atoms with Crippen LogP contribution in [0.2, 0.25) is 5.02 Å². The number of amides is 1. The summed E-state index contributed by atoms with van der Waals surface area (Å²) in [7, 11) is 1.68.